The van der Waals surface area contributed by atoms with Gasteiger partial charge in [0.1, 0.15) is 12.4 Å². The highest BCUT2D eigenvalue weighted by atomic mass is 16.5. The molecule has 1 aliphatic heterocycles. The molecule has 0 atom stereocenters. The first kappa shape index (κ1) is 18.0. The van der Waals surface area contributed by atoms with Crippen LogP contribution in [-0.2, 0) is 4.79 Å². The maximum Gasteiger partial charge on any atom is 0.253 e. The summed E-state index contributed by atoms with van der Waals surface area (Å²) in [5.41, 5.74) is 1.79. The molecule has 1 aliphatic rings. The molecule has 0 radical (unpaired) electrons. The fourth-order valence-electron chi connectivity index (χ4n) is 2.98. The summed E-state index contributed by atoms with van der Waals surface area (Å²) >= 11 is 0. The van der Waals surface area contributed by atoms with Crippen molar-refractivity contribution in [1.29, 1.82) is 0 Å². The number of ether oxygens (including phenoxy) is 1. The minimum absolute atomic E-state index is 0.0137. The van der Waals surface area contributed by atoms with Crippen LogP contribution in [0.15, 0.2) is 54.6 Å². The first-order chi connectivity index (χ1) is 12.6. The third-order valence-corrected chi connectivity index (χ3v) is 4.55. The summed E-state index contributed by atoms with van der Waals surface area (Å²) in [5, 5.41) is 0. The highest BCUT2D eigenvalue weighted by molar-refractivity contribution is 5.94. The lowest BCUT2D eigenvalue weighted by atomic mass is 10.1. The van der Waals surface area contributed by atoms with Gasteiger partial charge in [0.25, 0.3) is 5.91 Å². The van der Waals surface area contributed by atoms with Gasteiger partial charge in [0.2, 0.25) is 5.91 Å². The SMILES string of the molecule is Cc1ccc(C(=O)N2CCC(=O)N(CCOc3ccccc3)CC2)cc1. The maximum absolute atomic E-state index is 12.6. The van der Waals surface area contributed by atoms with Crippen molar-refractivity contribution in [2.24, 2.45) is 0 Å². The third kappa shape index (κ3) is 4.63. The molecule has 1 fully saturated rings. The topological polar surface area (TPSA) is 49.9 Å². The zero-order chi connectivity index (χ0) is 18.4. The number of aryl methyl sites for hydroxylation is 1. The largest absolute Gasteiger partial charge is 0.492 e. The minimum Gasteiger partial charge on any atom is -0.492 e. The van der Waals surface area contributed by atoms with E-state index >= 15 is 0 Å². The highest BCUT2D eigenvalue weighted by Gasteiger charge is 2.24. The lowest BCUT2D eigenvalue weighted by molar-refractivity contribution is -0.130. The van der Waals surface area contributed by atoms with E-state index in [1.807, 2.05) is 61.5 Å². The molecule has 0 spiro atoms. The predicted octanol–water partition coefficient (Wildman–Crippen LogP) is 2.75. The number of para-hydroxylation sites is 1. The molecule has 0 unspecified atom stereocenters. The molecular formula is C21H24N2O3. The number of carbonyl (C=O) groups is 2. The maximum atomic E-state index is 12.6. The molecule has 3 rings (SSSR count). The van der Waals surface area contributed by atoms with Gasteiger partial charge in [-0.2, -0.15) is 0 Å². The van der Waals surface area contributed by atoms with E-state index in [2.05, 4.69) is 0 Å². The first-order valence-electron chi connectivity index (χ1n) is 8.95. The second-order valence-electron chi connectivity index (χ2n) is 6.45. The molecule has 0 bridgehead atoms. The van der Waals surface area contributed by atoms with Crippen LogP contribution in [0.4, 0.5) is 0 Å². The molecule has 0 N–H and O–H groups in total. The number of benzene rings is 2. The van der Waals surface area contributed by atoms with E-state index < -0.39 is 0 Å². The number of carbonyl (C=O) groups excluding carboxylic acids is 2. The van der Waals surface area contributed by atoms with Gasteiger partial charge in [0.15, 0.2) is 0 Å². The fraction of sp³-hybridized carbons (Fsp3) is 0.333. The Kier molecular flexibility index (Phi) is 5.89. The average Bonchev–Trinajstić information content (AvgIpc) is 2.85. The van der Waals surface area contributed by atoms with Gasteiger partial charge in [-0.25, -0.2) is 0 Å². The van der Waals surface area contributed by atoms with E-state index in [4.69, 9.17) is 4.74 Å². The molecule has 5 heteroatoms. The van der Waals surface area contributed by atoms with Crippen LogP contribution < -0.4 is 4.74 Å². The highest BCUT2D eigenvalue weighted by Crippen LogP contribution is 2.12. The molecular weight excluding hydrogens is 328 g/mol. The van der Waals surface area contributed by atoms with Crippen LogP contribution in [0.2, 0.25) is 0 Å². The normalized spacial score (nSPS) is 14.9. The van der Waals surface area contributed by atoms with E-state index in [-0.39, 0.29) is 11.8 Å². The van der Waals surface area contributed by atoms with E-state index in [0.29, 0.717) is 44.8 Å². The van der Waals surface area contributed by atoms with Crippen LogP contribution in [0.1, 0.15) is 22.3 Å². The van der Waals surface area contributed by atoms with Gasteiger partial charge in [-0.05, 0) is 31.2 Å². The average molecular weight is 352 g/mol. The van der Waals surface area contributed by atoms with Crippen molar-refractivity contribution in [2.75, 3.05) is 32.8 Å². The van der Waals surface area contributed by atoms with Gasteiger partial charge in [-0.15, -0.1) is 0 Å². The summed E-state index contributed by atoms with van der Waals surface area (Å²) in [6.45, 7) is 4.51. The summed E-state index contributed by atoms with van der Waals surface area (Å²) in [6.07, 6.45) is 0.350. The lowest BCUT2D eigenvalue weighted by Gasteiger charge is -2.22. The smallest absolute Gasteiger partial charge is 0.253 e. The van der Waals surface area contributed by atoms with E-state index in [1.165, 1.54) is 0 Å². The van der Waals surface area contributed by atoms with Gasteiger partial charge in [0, 0.05) is 31.6 Å². The summed E-state index contributed by atoms with van der Waals surface area (Å²) in [4.78, 5) is 28.5. The Bertz CT molecular complexity index is 744. The number of hydrogen-bond acceptors (Lipinski definition) is 3. The molecule has 1 heterocycles. The fourth-order valence-corrected chi connectivity index (χ4v) is 2.98. The van der Waals surface area contributed by atoms with Crippen LogP contribution >= 0.6 is 0 Å². The van der Waals surface area contributed by atoms with Crippen LogP contribution in [0.5, 0.6) is 5.75 Å². The lowest BCUT2D eigenvalue weighted by Crippen LogP contribution is -2.37. The third-order valence-electron chi connectivity index (χ3n) is 4.55. The summed E-state index contributed by atoms with van der Waals surface area (Å²) in [5.74, 6) is 0.854. The minimum atomic E-state index is -0.0137. The molecule has 5 nitrogen and oxygen atoms in total. The van der Waals surface area contributed by atoms with Crippen molar-refractivity contribution >= 4 is 11.8 Å². The van der Waals surface area contributed by atoms with Gasteiger partial charge >= 0.3 is 0 Å². The Labute approximate surface area is 154 Å². The van der Waals surface area contributed by atoms with Crippen molar-refractivity contribution in [1.82, 2.24) is 9.80 Å². The quantitative estimate of drug-likeness (QED) is 0.831. The molecule has 0 aliphatic carbocycles. The van der Waals surface area contributed by atoms with Crippen molar-refractivity contribution in [3.05, 3.63) is 65.7 Å². The van der Waals surface area contributed by atoms with Gasteiger partial charge in [0.05, 0.1) is 6.54 Å². The Morgan fingerprint density at radius 3 is 2.46 bits per heavy atom. The molecule has 2 aromatic carbocycles. The zero-order valence-electron chi connectivity index (χ0n) is 15.1. The first-order valence-corrected chi connectivity index (χ1v) is 8.95. The van der Waals surface area contributed by atoms with Gasteiger partial charge in [-0.3, -0.25) is 9.59 Å². The van der Waals surface area contributed by atoms with E-state index in [1.54, 1.807) is 9.80 Å². The van der Waals surface area contributed by atoms with E-state index in [9.17, 15) is 9.59 Å². The second kappa shape index (κ2) is 8.52. The second-order valence-corrected chi connectivity index (χ2v) is 6.45. The van der Waals surface area contributed by atoms with E-state index in [0.717, 1.165) is 11.3 Å². The standard InChI is InChI=1S/C21H24N2O3/c1-17-7-9-18(10-8-17)21(25)23-12-11-20(24)22(13-14-23)15-16-26-19-5-3-2-4-6-19/h2-10H,11-16H2,1H3. The van der Waals surface area contributed by atoms with Crippen LogP contribution in [0, 0.1) is 6.92 Å². The number of amides is 2. The molecule has 0 saturated carbocycles. The van der Waals surface area contributed by atoms with Gasteiger partial charge in [-0.1, -0.05) is 35.9 Å². The van der Waals surface area contributed by atoms with Crippen molar-refractivity contribution in [2.45, 2.75) is 13.3 Å². The Balaban J connectivity index is 1.53. The Morgan fingerprint density at radius 2 is 1.73 bits per heavy atom. The molecule has 2 aromatic rings. The summed E-state index contributed by atoms with van der Waals surface area (Å²) < 4.78 is 5.68. The number of nitrogens with zero attached hydrogens (tertiary/aromatic N) is 2. The van der Waals surface area contributed by atoms with Crippen molar-refractivity contribution in [3.63, 3.8) is 0 Å². The summed E-state index contributed by atoms with van der Waals surface area (Å²) in [7, 11) is 0. The Morgan fingerprint density at radius 1 is 1.00 bits per heavy atom. The summed E-state index contributed by atoms with van der Waals surface area (Å²) in [6, 6.07) is 17.1. The number of rotatable bonds is 5. The molecule has 26 heavy (non-hydrogen) atoms. The molecule has 2 amide bonds. The molecule has 136 valence electrons. The van der Waals surface area contributed by atoms with Crippen LogP contribution in [-0.4, -0.2) is 54.4 Å². The van der Waals surface area contributed by atoms with Crippen molar-refractivity contribution in [3.8, 4) is 5.75 Å². The Hall–Kier alpha value is -2.82. The van der Waals surface area contributed by atoms with Crippen molar-refractivity contribution < 1.29 is 14.3 Å². The molecule has 0 aromatic heterocycles. The van der Waals surface area contributed by atoms with Crippen LogP contribution in [0.3, 0.4) is 0 Å². The molecule has 1 saturated heterocycles. The van der Waals surface area contributed by atoms with Crippen LogP contribution in [0.25, 0.3) is 0 Å². The monoisotopic (exact) mass is 352 g/mol. The zero-order valence-corrected chi connectivity index (χ0v) is 15.1. The van der Waals surface area contributed by atoms with Gasteiger partial charge < -0.3 is 14.5 Å². The number of hydrogen-bond donors (Lipinski definition) is 0. The predicted molar refractivity (Wildman–Crippen MR) is 100 cm³/mol.